The Kier molecular flexibility index (Phi) is 19.7. The van der Waals surface area contributed by atoms with Crippen molar-refractivity contribution in [2.75, 3.05) is 19.6 Å². The first-order valence-electron chi connectivity index (χ1n) is 43.5. The van der Waals surface area contributed by atoms with Crippen molar-refractivity contribution >= 4 is 176 Å². The van der Waals surface area contributed by atoms with Gasteiger partial charge in [-0.25, -0.2) is 35.1 Å². The quantitative estimate of drug-likeness (QED) is 0.0706. The van der Waals surface area contributed by atoms with Gasteiger partial charge in [-0.2, -0.15) is 0 Å². The average molecular weight is 1720 g/mol. The third-order valence-corrected chi connectivity index (χ3v) is 25.6. The highest BCUT2D eigenvalue weighted by atomic mass is 19.2. The Morgan fingerprint density at radius 3 is 0.629 bits per heavy atom. The topological polar surface area (TPSA) is 13.0 Å². The van der Waals surface area contributed by atoms with Crippen LogP contribution in [0.1, 0.15) is 0 Å². The van der Waals surface area contributed by atoms with E-state index < -0.39 is 46.5 Å². The molecule has 0 N–H and O–H groups in total. The summed E-state index contributed by atoms with van der Waals surface area (Å²) in [5.41, 5.74) is 8.20. The highest BCUT2D eigenvalue weighted by molar-refractivity contribution is 6.30. The lowest BCUT2D eigenvalue weighted by Gasteiger charge is -2.31. The van der Waals surface area contributed by atoms with Gasteiger partial charge >= 0.3 is 0 Å². The van der Waals surface area contributed by atoms with E-state index in [4.69, 9.17) is 0 Å². The number of fused-ring (bicyclic) bond motifs is 4. The number of hydrogen-bond acceptors (Lipinski definition) is 4. The first kappa shape index (κ1) is 79.7. The monoisotopic (exact) mass is 1720 g/mol. The zero-order valence-electron chi connectivity index (χ0n) is 70.4. The molecule has 12 heteroatoms. The summed E-state index contributed by atoms with van der Waals surface area (Å²) in [5, 5.41) is 17.1. The number of nitrogens with zero attached hydrogens (tertiary/aromatic N) is 4. The number of hydrogen-bond donors (Lipinski definition) is 0. The van der Waals surface area contributed by atoms with Crippen molar-refractivity contribution in [1.29, 1.82) is 0 Å². The molecule has 0 saturated heterocycles. The molecular formula is C120H72F8N4. The largest absolute Gasteiger partial charge is 0.305 e. The fraction of sp³-hybridized carbons (Fsp3) is 0. The number of benzene rings is 24. The van der Waals surface area contributed by atoms with E-state index in [1.54, 1.807) is 19.6 Å². The third-order valence-electron chi connectivity index (χ3n) is 25.6. The summed E-state index contributed by atoms with van der Waals surface area (Å²) < 4.78 is 136. The molecule has 24 rings (SSSR count). The van der Waals surface area contributed by atoms with E-state index >= 15 is 35.1 Å². The maximum Gasteiger partial charge on any atom is 0.150 e. The van der Waals surface area contributed by atoms with Gasteiger partial charge < -0.3 is 19.6 Å². The van der Waals surface area contributed by atoms with Gasteiger partial charge in [-0.15, -0.1) is 0 Å². The van der Waals surface area contributed by atoms with Crippen LogP contribution in [0.4, 0.5) is 103 Å². The van der Waals surface area contributed by atoms with Gasteiger partial charge in [0.25, 0.3) is 0 Å². The predicted molar refractivity (Wildman–Crippen MR) is 530 cm³/mol. The van der Waals surface area contributed by atoms with Crippen molar-refractivity contribution < 1.29 is 35.1 Å². The van der Waals surface area contributed by atoms with E-state index in [0.717, 1.165) is 108 Å². The van der Waals surface area contributed by atoms with Crippen LogP contribution in [0.2, 0.25) is 0 Å². The predicted octanol–water partition coefficient (Wildman–Crippen LogP) is 35.4. The number of rotatable bonds is 16. The van der Waals surface area contributed by atoms with E-state index in [0.29, 0.717) is 90.0 Å². The minimum Gasteiger partial charge on any atom is -0.305 e. The standard InChI is InChI=1S/2C60H36F4N2/c61-49-33-43(37-13-3-1-4-14-37)34-50(62)59(49)65(53-23-11-19-39-17-7-9-21-45(39)53)55-31-27-41-26-30-48-56(32-28-42-25-29-47(55)57(41)58(42)48)66(54-24-12-20-40-18-8-10-22-46(40)54)60-51(63)35-44(36-52(60)64)38-15-5-2-6-16-38;61-51-33-45(37-11-3-1-4-12-37)34-52(62)59(51)65(47-25-19-39-15-7-9-17-43(39)31-47)55-29-23-41-22-28-50-56(30-24-42-21-27-49(55)57(41)58(42)50)66(48-26-20-40-16-8-10-18-44(40)32-48)60-53(63)35-46(36-54(60)64)38-13-5-2-6-14-38/h2*1-36H. The summed E-state index contributed by atoms with van der Waals surface area (Å²) in [6, 6.07) is 134. The van der Waals surface area contributed by atoms with Crippen molar-refractivity contribution in [3.05, 3.63) is 483 Å². The van der Waals surface area contributed by atoms with Gasteiger partial charge in [0, 0.05) is 43.7 Å². The molecule has 24 aromatic rings. The van der Waals surface area contributed by atoms with Gasteiger partial charge in [-0.05, 0) is 229 Å². The fourth-order valence-electron chi connectivity index (χ4n) is 19.6. The highest BCUT2D eigenvalue weighted by Gasteiger charge is 2.33. The van der Waals surface area contributed by atoms with Crippen molar-refractivity contribution in [2.24, 2.45) is 0 Å². The van der Waals surface area contributed by atoms with Crippen LogP contribution in [0.15, 0.2) is 437 Å². The molecule has 0 spiro atoms. The summed E-state index contributed by atoms with van der Waals surface area (Å²) in [4.78, 5) is 6.71. The normalized spacial score (nSPS) is 11.6. The smallest absolute Gasteiger partial charge is 0.150 e. The minimum absolute atomic E-state index is 0.214. The summed E-state index contributed by atoms with van der Waals surface area (Å²) in [5.74, 6) is -5.75. The zero-order valence-corrected chi connectivity index (χ0v) is 70.4. The maximum absolute atomic E-state index is 17.0. The molecule has 0 unspecified atom stereocenters. The fourth-order valence-corrected chi connectivity index (χ4v) is 19.6. The van der Waals surface area contributed by atoms with Crippen molar-refractivity contribution in [3.63, 3.8) is 0 Å². The van der Waals surface area contributed by atoms with E-state index in [2.05, 4.69) is 0 Å². The lowest BCUT2D eigenvalue weighted by molar-refractivity contribution is 0.586. The zero-order chi connectivity index (χ0) is 88.9. The highest BCUT2D eigenvalue weighted by Crippen LogP contribution is 2.55. The van der Waals surface area contributed by atoms with Crippen LogP contribution in [-0.2, 0) is 0 Å². The molecule has 628 valence electrons. The second-order valence-corrected chi connectivity index (χ2v) is 33.2. The van der Waals surface area contributed by atoms with Gasteiger partial charge in [0.1, 0.15) is 22.7 Å². The molecule has 0 aliphatic rings. The Hall–Kier alpha value is -17.0. The molecule has 0 aromatic heterocycles. The molecule has 24 aromatic carbocycles. The molecule has 0 bridgehead atoms. The van der Waals surface area contributed by atoms with Crippen LogP contribution in [0.3, 0.4) is 0 Å². The van der Waals surface area contributed by atoms with Crippen LogP contribution < -0.4 is 19.6 Å². The first-order chi connectivity index (χ1) is 64.8. The van der Waals surface area contributed by atoms with Gasteiger partial charge in [-0.1, -0.05) is 328 Å². The van der Waals surface area contributed by atoms with Gasteiger partial charge in [0.2, 0.25) is 0 Å². The van der Waals surface area contributed by atoms with Crippen LogP contribution in [0.5, 0.6) is 0 Å². The summed E-state index contributed by atoms with van der Waals surface area (Å²) in [6.07, 6.45) is 0. The third kappa shape index (κ3) is 13.8. The van der Waals surface area contributed by atoms with Crippen LogP contribution in [0, 0.1) is 46.5 Å². The molecule has 0 heterocycles. The Bertz CT molecular complexity index is 8070. The average Bonchev–Trinajstić information content (AvgIpc) is 0.715. The molecule has 0 aliphatic carbocycles. The van der Waals surface area contributed by atoms with Gasteiger partial charge in [-0.3, -0.25) is 0 Å². The molecular weight excluding hydrogens is 1650 g/mol. The number of anilines is 12. The van der Waals surface area contributed by atoms with Crippen LogP contribution >= 0.6 is 0 Å². The van der Waals surface area contributed by atoms with Gasteiger partial charge in [0.15, 0.2) is 46.5 Å². The van der Waals surface area contributed by atoms with E-state index in [1.165, 1.54) is 48.5 Å². The Labute approximate surface area is 753 Å². The lowest BCUT2D eigenvalue weighted by atomic mass is 9.91. The summed E-state index contributed by atoms with van der Waals surface area (Å²) >= 11 is 0. The summed E-state index contributed by atoms with van der Waals surface area (Å²) in [6.45, 7) is 0. The van der Waals surface area contributed by atoms with Crippen molar-refractivity contribution in [3.8, 4) is 44.5 Å². The summed E-state index contributed by atoms with van der Waals surface area (Å²) in [7, 11) is 0. The molecule has 0 saturated carbocycles. The van der Waals surface area contributed by atoms with E-state index in [9.17, 15) is 0 Å². The molecule has 132 heavy (non-hydrogen) atoms. The molecule has 0 radical (unpaired) electrons. The molecule has 0 fully saturated rings. The maximum atomic E-state index is 17.0. The molecule has 0 amide bonds. The van der Waals surface area contributed by atoms with Gasteiger partial charge in [0.05, 0.1) is 34.1 Å². The second-order valence-electron chi connectivity index (χ2n) is 33.2. The molecule has 0 atom stereocenters. The minimum atomic E-state index is -0.720. The SMILES string of the molecule is Fc1cc(-c2ccccc2)cc(F)c1N(c1ccc2ccccc2c1)c1ccc2ccc3c(N(c4ccc5ccccc5c4)c4c(F)cc(-c5ccccc5)cc4F)ccc4ccc1c2c43.Fc1cc(-c2ccccc2)cc(F)c1N(c1cccc2ccccc12)c1ccc2ccc3c(N(c4c(F)cc(-c5ccccc5)cc4F)c4cccc5ccccc45)ccc4ccc1c2c43. The van der Waals surface area contributed by atoms with Crippen LogP contribution in [-0.4, -0.2) is 0 Å². The lowest BCUT2D eigenvalue weighted by Crippen LogP contribution is -2.15. The van der Waals surface area contributed by atoms with E-state index in [-0.39, 0.29) is 22.7 Å². The van der Waals surface area contributed by atoms with Crippen molar-refractivity contribution in [1.82, 2.24) is 0 Å². The van der Waals surface area contributed by atoms with Crippen molar-refractivity contribution in [2.45, 2.75) is 0 Å². The van der Waals surface area contributed by atoms with Crippen LogP contribution in [0.25, 0.3) is 152 Å². The first-order valence-corrected chi connectivity index (χ1v) is 43.5. The second kappa shape index (κ2) is 32.7. The Balaban J connectivity index is 0.000000150. The van der Waals surface area contributed by atoms with E-state index in [1.807, 2.05) is 388 Å². The number of halogens is 8. The molecule has 4 nitrogen and oxygen atoms in total. The Morgan fingerprint density at radius 1 is 0.129 bits per heavy atom. The molecule has 0 aliphatic heterocycles. The Morgan fingerprint density at radius 2 is 0.341 bits per heavy atom.